The molecule has 3 nitrogen and oxygen atoms in total. The summed E-state index contributed by atoms with van der Waals surface area (Å²) in [7, 11) is 1.75. The van der Waals surface area contributed by atoms with Gasteiger partial charge in [0.05, 0.1) is 12.1 Å². The van der Waals surface area contributed by atoms with E-state index in [0.717, 1.165) is 24.1 Å². The van der Waals surface area contributed by atoms with E-state index in [1.54, 1.807) is 7.11 Å². The number of methoxy groups -OCH3 is 1. The van der Waals surface area contributed by atoms with Crippen molar-refractivity contribution in [1.82, 2.24) is 0 Å². The normalized spacial score (nSPS) is 25.4. The SMILES string of the molecule is COC1CC(N=Cc2ccccc2N)C1. The highest BCUT2D eigenvalue weighted by molar-refractivity contribution is 5.86. The molecule has 1 aromatic carbocycles. The molecule has 3 heteroatoms. The van der Waals surface area contributed by atoms with Crippen molar-refractivity contribution in [3.05, 3.63) is 29.8 Å². The van der Waals surface area contributed by atoms with Crippen LogP contribution in [0.15, 0.2) is 29.3 Å². The van der Waals surface area contributed by atoms with E-state index in [4.69, 9.17) is 10.5 Å². The number of aliphatic imine (C=N–C) groups is 1. The molecule has 0 aliphatic heterocycles. The molecule has 0 saturated heterocycles. The van der Waals surface area contributed by atoms with Crippen LogP contribution in [0.4, 0.5) is 5.69 Å². The number of rotatable bonds is 3. The van der Waals surface area contributed by atoms with Gasteiger partial charge in [0.15, 0.2) is 0 Å². The van der Waals surface area contributed by atoms with Crippen LogP contribution in [0.1, 0.15) is 18.4 Å². The van der Waals surface area contributed by atoms with E-state index in [1.807, 2.05) is 30.5 Å². The van der Waals surface area contributed by atoms with Crippen LogP contribution in [0, 0.1) is 0 Å². The maximum atomic E-state index is 5.80. The molecule has 1 fully saturated rings. The van der Waals surface area contributed by atoms with Gasteiger partial charge >= 0.3 is 0 Å². The lowest BCUT2D eigenvalue weighted by Gasteiger charge is -2.30. The molecule has 1 aliphatic carbocycles. The van der Waals surface area contributed by atoms with Crippen molar-refractivity contribution in [2.75, 3.05) is 12.8 Å². The van der Waals surface area contributed by atoms with Gasteiger partial charge in [-0.2, -0.15) is 0 Å². The fraction of sp³-hybridized carbons (Fsp3) is 0.417. The van der Waals surface area contributed by atoms with E-state index in [1.165, 1.54) is 0 Å². The molecule has 0 unspecified atom stereocenters. The van der Waals surface area contributed by atoms with Crippen molar-refractivity contribution in [2.45, 2.75) is 25.0 Å². The second kappa shape index (κ2) is 4.45. The maximum absolute atomic E-state index is 5.80. The number of ether oxygens (including phenoxy) is 1. The van der Waals surface area contributed by atoms with Gasteiger partial charge in [-0.05, 0) is 18.9 Å². The van der Waals surface area contributed by atoms with Crippen LogP contribution >= 0.6 is 0 Å². The smallest absolute Gasteiger partial charge is 0.0612 e. The molecule has 15 heavy (non-hydrogen) atoms. The van der Waals surface area contributed by atoms with Gasteiger partial charge in [-0.1, -0.05) is 18.2 Å². The predicted molar refractivity (Wildman–Crippen MR) is 62.3 cm³/mol. The molecule has 1 aliphatic rings. The summed E-state index contributed by atoms with van der Waals surface area (Å²) in [6.45, 7) is 0. The van der Waals surface area contributed by atoms with Crippen molar-refractivity contribution in [2.24, 2.45) is 4.99 Å². The lowest BCUT2D eigenvalue weighted by Crippen LogP contribution is -2.33. The molecule has 1 saturated carbocycles. The van der Waals surface area contributed by atoms with Crippen LogP contribution in [0.3, 0.4) is 0 Å². The summed E-state index contributed by atoms with van der Waals surface area (Å²) < 4.78 is 5.19. The van der Waals surface area contributed by atoms with Gasteiger partial charge in [0.25, 0.3) is 0 Å². The number of benzene rings is 1. The molecule has 0 radical (unpaired) electrons. The summed E-state index contributed by atoms with van der Waals surface area (Å²) >= 11 is 0. The van der Waals surface area contributed by atoms with Crippen molar-refractivity contribution in [1.29, 1.82) is 0 Å². The zero-order valence-corrected chi connectivity index (χ0v) is 8.89. The largest absolute Gasteiger partial charge is 0.398 e. The monoisotopic (exact) mass is 204 g/mol. The third kappa shape index (κ3) is 2.36. The minimum atomic E-state index is 0.403. The highest BCUT2D eigenvalue weighted by Crippen LogP contribution is 2.25. The topological polar surface area (TPSA) is 47.6 Å². The number of hydrogen-bond donors (Lipinski definition) is 1. The maximum Gasteiger partial charge on any atom is 0.0612 e. The molecule has 2 N–H and O–H groups in total. The summed E-state index contributed by atoms with van der Waals surface area (Å²) in [6.07, 6.45) is 4.33. The second-order valence-electron chi connectivity index (χ2n) is 3.89. The summed E-state index contributed by atoms with van der Waals surface area (Å²) in [5, 5.41) is 0. The standard InChI is InChI=1S/C12H16N2O/c1-15-11-6-10(7-11)14-8-9-4-2-3-5-12(9)13/h2-5,8,10-11H,6-7,13H2,1H3. The fourth-order valence-corrected chi connectivity index (χ4v) is 1.67. The molecular formula is C12H16N2O. The van der Waals surface area contributed by atoms with E-state index in [-0.39, 0.29) is 0 Å². The highest BCUT2D eigenvalue weighted by atomic mass is 16.5. The van der Waals surface area contributed by atoms with Crippen LogP contribution in [0.25, 0.3) is 0 Å². The van der Waals surface area contributed by atoms with E-state index in [9.17, 15) is 0 Å². The highest BCUT2D eigenvalue weighted by Gasteiger charge is 2.27. The molecule has 0 heterocycles. The molecule has 0 atom stereocenters. The molecule has 80 valence electrons. The fourth-order valence-electron chi connectivity index (χ4n) is 1.67. The summed E-state index contributed by atoms with van der Waals surface area (Å²) in [6, 6.07) is 8.17. The van der Waals surface area contributed by atoms with Gasteiger partial charge < -0.3 is 10.5 Å². The Morgan fingerprint density at radius 3 is 2.80 bits per heavy atom. The minimum absolute atomic E-state index is 0.403. The zero-order chi connectivity index (χ0) is 10.7. The van der Waals surface area contributed by atoms with Crippen molar-refractivity contribution in [3.8, 4) is 0 Å². The van der Waals surface area contributed by atoms with E-state index >= 15 is 0 Å². The molecule has 0 amide bonds. The first-order chi connectivity index (χ1) is 7.29. The van der Waals surface area contributed by atoms with Gasteiger partial charge in [0.1, 0.15) is 0 Å². The molecule has 2 rings (SSSR count). The summed E-state index contributed by atoms with van der Waals surface area (Å²) in [4.78, 5) is 4.47. The quantitative estimate of drug-likeness (QED) is 0.603. The first kappa shape index (κ1) is 10.2. The molecule has 0 bridgehead atoms. The first-order valence-electron chi connectivity index (χ1n) is 5.20. The van der Waals surface area contributed by atoms with Crippen molar-refractivity contribution < 1.29 is 4.74 Å². The average Bonchev–Trinajstić information content (AvgIpc) is 2.18. The Bertz CT molecular complexity index is 356. The van der Waals surface area contributed by atoms with E-state index in [0.29, 0.717) is 12.1 Å². The number of hydrogen-bond acceptors (Lipinski definition) is 3. The molecule has 0 aromatic heterocycles. The summed E-state index contributed by atoms with van der Waals surface area (Å²) in [5.74, 6) is 0. The van der Waals surface area contributed by atoms with Crippen LogP contribution in [-0.2, 0) is 4.74 Å². The zero-order valence-electron chi connectivity index (χ0n) is 8.89. The average molecular weight is 204 g/mol. The third-order valence-corrected chi connectivity index (χ3v) is 2.82. The third-order valence-electron chi connectivity index (χ3n) is 2.82. The number of anilines is 1. The van der Waals surface area contributed by atoms with Gasteiger partial charge in [0.2, 0.25) is 0 Å². The Labute approximate surface area is 90.0 Å². The lowest BCUT2D eigenvalue weighted by molar-refractivity contribution is 0.0286. The minimum Gasteiger partial charge on any atom is -0.398 e. The Morgan fingerprint density at radius 2 is 2.13 bits per heavy atom. The first-order valence-corrected chi connectivity index (χ1v) is 5.20. The van der Waals surface area contributed by atoms with Crippen molar-refractivity contribution in [3.63, 3.8) is 0 Å². The predicted octanol–water partition coefficient (Wildman–Crippen LogP) is 1.87. The molecular weight excluding hydrogens is 188 g/mol. The van der Waals surface area contributed by atoms with Crippen LogP contribution in [0.5, 0.6) is 0 Å². The van der Waals surface area contributed by atoms with Gasteiger partial charge in [-0.3, -0.25) is 4.99 Å². The summed E-state index contributed by atoms with van der Waals surface area (Å²) in [5.41, 5.74) is 7.58. The number of nitrogen functional groups attached to an aromatic ring is 1. The Balaban J connectivity index is 1.93. The van der Waals surface area contributed by atoms with Crippen molar-refractivity contribution >= 4 is 11.9 Å². The second-order valence-corrected chi connectivity index (χ2v) is 3.89. The molecule has 0 spiro atoms. The Hall–Kier alpha value is -1.35. The van der Waals surface area contributed by atoms with Crippen LogP contribution in [0.2, 0.25) is 0 Å². The van der Waals surface area contributed by atoms with Crippen LogP contribution in [-0.4, -0.2) is 25.5 Å². The number of nitrogens with zero attached hydrogens (tertiary/aromatic N) is 1. The molecule has 1 aromatic rings. The Morgan fingerprint density at radius 1 is 1.40 bits per heavy atom. The van der Waals surface area contributed by atoms with Crippen LogP contribution < -0.4 is 5.73 Å². The number of para-hydroxylation sites is 1. The van der Waals surface area contributed by atoms with Gasteiger partial charge in [-0.25, -0.2) is 0 Å². The van der Waals surface area contributed by atoms with Gasteiger partial charge in [0, 0.05) is 24.6 Å². The Kier molecular flexibility index (Phi) is 3.02. The lowest BCUT2D eigenvalue weighted by atomic mass is 9.90. The van der Waals surface area contributed by atoms with Gasteiger partial charge in [-0.15, -0.1) is 0 Å². The number of nitrogens with two attached hydrogens (primary N) is 1. The van der Waals surface area contributed by atoms with E-state index < -0.39 is 0 Å². The van der Waals surface area contributed by atoms with E-state index in [2.05, 4.69) is 4.99 Å².